The Balaban J connectivity index is 1.97. The van der Waals surface area contributed by atoms with Gasteiger partial charge in [0.05, 0.1) is 12.1 Å². The van der Waals surface area contributed by atoms with Crippen molar-refractivity contribution in [3.8, 4) is 5.88 Å². The largest absolute Gasteiger partial charge is 0.481 e. The number of nitrogens with zero attached hydrogens (tertiary/aromatic N) is 2. The molecule has 2 aromatic rings. The molecule has 0 amide bonds. The van der Waals surface area contributed by atoms with E-state index in [4.69, 9.17) is 4.74 Å². The van der Waals surface area contributed by atoms with Crippen LogP contribution < -0.4 is 10.1 Å². The normalized spacial score (nSPS) is 12.3. The zero-order valence-corrected chi connectivity index (χ0v) is 13.0. The van der Waals surface area contributed by atoms with Crippen LogP contribution in [-0.2, 0) is 6.42 Å². The Bertz CT molecular complexity index is 524. The van der Waals surface area contributed by atoms with E-state index in [-0.39, 0.29) is 0 Å². The Labute approximate surface area is 124 Å². The summed E-state index contributed by atoms with van der Waals surface area (Å²) in [5.74, 6) is 0.644. The van der Waals surface area contributed by atoms with Gasteiger partial charge in [-0.3, -0.25) is 0 Å². The van der Waals surface area contributed by atoms with Crippen molar-refractivity contribution in [2.24, 2.45) is 0 Å². The zero-order chi connectivity index (χ0) is 14.4. The molecule has 2 heterocycles. The topological polar surface area (TPSA) is 47.0 Å². The molecule has 1 unspecified atom stereocenters. The lowest BCUT2D eigenvalue weighted by Gasteiger charge is -2.09. The highest BCUT2D eigenvalue weighted by Gasteiger charge is 2.09. The highest BCUT2D eigenvalue weighted by molar-refractivity contribution is 7.11. The molecular weight excluding hydrogens is 270 g/mol. The predicted molar refractivity (Wildman–Crippen MR) is 82.4 cm³/mol. The number of ether oxygens (including phenoxy) is 1. The van der Waals surface area contributed by atoms with E-state index in [1.54, 1.807) is 18.4 Å². The summed E-state index contributed by atoms with van der Waals surface area (Å²) in [5, 5.41) is 4.60. The molecule has 0 spiro atoms. The van der Waals surface area contributed by atoms with Crippen molar-refractivity contribution in [1.29, 1.82) is 0 Å². The molecule has 0 aliphatic rings. The van der Waals surface area contributed by atoms with Gasteiger partial charge in [0.15, 0.2) is 0 Å². The van der Waals surface area contributed by atoms with Crippen molar-refractivity contribution >= 4 is 11.3 Å². The fraction of sp³-hybridized carbons (Fsp3) is 0.467. The fourth-order valence-corrected chi connectivity index (χ4v) is 2.86. The van der Waals surface area contributed by atoms with Crippen molar-refractivity contribution in [1.82, 2.24) is 15.3 Å². The Hall–Kier alpha value is -1.46. The minimum atomic E-state index is 0.371. The predicted octanol–water partition coefficient (Wildman–Crippen LogP) is 3.20. The highest BCUT2D eigenvalue weighted by Crippen LogP contribution is 2.22. The number of methoxy groups -OCH3 is 1. The summed E-state index contributed by atoms with van der Waals surface area (Å²) in [6.07, 6.45) is 5.79. The number of hydrogen-bond donors (Lipinski definition) is 1. The van der Waals surface area contributed by atoms with Gasteiger partial charge < -0.3 is 10.1 Å². The molecule has 5 heteroatoms. The zero-order valence-electron chi connectivity index (χ0n) is 12.2. The molecule has 0 aliphatic heterocycles. The van der Waals surface area contributed by atoms with Crippen LogP contribution in [0.15, 0.2) is 24.5 Å². The van der Waals surface area contributed by atoms with Crippen molar-refractivity contribution < 1.29 is 4.74 Å². The smallest absolute Gasteiger partial charge is 0.212 e. The van der Waals surface area contributed by atoms with E-state index in [1.165, 1.54) is 4.88 Å². The summed E-state index contributed by atoms with van der Waals surface area (Å²) in [4.78, 5) is 10.0. The second-order valence-corrected chi connectivity index (χ2v) is 5.86. The van der Waals surface area contributed by atoms with Crippen LogP contribution in [0.4, 0.5) is 0 Å². The van der Waals surface area contributed by atoms with Crippen LogP contribution in [0.5, 0.6) is 5.88 Å². The molecule has 4 nitrogen and oxygen atoms in total. The standard InChI is InChI=1S/C15H21N3OS/c1-4-7-16-11(2)13-10-18-15(20-13)8-12-5-6-14(19-3)17-9-12/h5-6,9-11,16H,4,7-8H2,1-3H3. The summed E-state index contributed by atoms with van der Waals surface area (Å²) in [6, 6.07) is 4.29. The van der Waals surface area contributed by atoms with Crippen molar-refractivity contribution in [2.75, 3.05) is 13.7 Å². The van der Waals surface area contributed by atoms with Gasteiger partial charge in [0, 0.05) is 35.8 Å². The van der Waals surface area contributed by atoms with Crippen LogP contribution in [0, 0.1) is 0 Å². The number of pyridine rings is 1. The first kappa shape index (κ1) is 14.9. The summed E-state index contributed by atoms with van der Waals surface area (Å²) < 4.78 is 5.06. The molecule has 0 saturated carbocycles. The third-order valence-corrected chi connectivity index (χ3v) is 4.24. The molecule has 0 aromatic carbocycles. The monoisotopic (exact) mass is 291 g/mol. The minimum absolute atomic E-state index is 0.371. The minimum Gasteiger partial charge on any atom is -0.481 e. The molecular formula is C15H21N3OS. The number of nitrogens with one attached hydrogen (secondary N) is 1. The van der Waals surface area contributed by atoms with Crippen LogP contribution in [0.2, 0.25) is 0 Å². The van der Waals surface area contributed by atoms with Gasteiger partial charge in [-0.25, -0.2) is 9.97 Å². The molecule has 0 aliphatic carbocycles. The molecule has 0 radical (unpaired) electrons. The maximum atomic E-state index is 5.06. The van der Waals surface area contributed by atoms with E-state index >= 15 is 0 Å². The van der Waals surface area contributed by atoms with E-state index in [2.05, 4.69) is 29.1 Å². The van der Waals surface area contributed by atoms with Gasteiger partial charge in [0.1, 0.15) is 0 Å². The average Bonchev–Trinajstić information content (AvgIpc) is 2.94. The lowest BCUT2D eigenvalue weighted by atomic mass is 10.2. The number of thiazole rings is 1. The van der Waals surface area contributed by atoms with Crippen LogP contribution in [-0.4, -0.2) is 23.6 Å². The number of aromatic nitrogens is 2. The van der Waals surface area contributed by atoms with E-state index in [1.807, 2.05) is 24.5 Å². The van der Waals surface area contributed by atoms with Gasteiger partial charge in [-0.2, -0.15) is 0 Å². The summed E-state index contributed by atoms with van der Waals surface area (Å²) in [6.45, 7) is 5.40. The second kappa shape index (κ2) is 7.36. The molecule has 0 bridgehead atoms. The third-order valence-electron chi connectivity index (χ3n) is 3.06. The Morgan fingerprint density at radius 2 is 2.15 bits per heavy atom. The van der Waals surface area contributed by atoms with Gasteiger partial charge in [-0.1, -0.05) is 13.0 Å². The first-order chi connectivity index (χ1) is 9.72. The quantitative estimate of drug-likeness (QED) is 0.851. The first-order valence-corrected chi connectivity index (χ1v) is 7.71. The summed E-state index contributed by atoms with van der Waals surface area (Å²) in [5.41, 5.74) is 1.15. The van der Waals surface area contributed by atoms with Gasteiger partial charge in [-0.15, -0.1) is 11.3 Å². The van der Waals surface area contributed by atoms with Gasteiger partial charge in [0.25, 0.3) is 0 Å². The molecule has 0 saturated heterocycles. The molecule has 108 valence electrons. The average molecular weight is 291 g/mol. The SMILES string of the molecule is CCCNC(C)c1cnc(Cc2ccc(OC)nc2)s1. The van der Waals surface area contributed by atoms with Crippen molar-refractivity contribution in [2.45, 2.75) is 32.7 Å². The summed E-state index contributed by atoms with van der Waals surface area (Å²) in [7, 11) is 1.62. The second-order valence-electron chi connectivity index (χ2n) is 4.72. The highest BCUT2D eigenvalue weighted by atomic mass is 32.1. The lowest BCUT2D eigenvalue weighted by molar-refractivity contribution is 0.397. The van der Waals surface area contributed by atoms with Crippen LogP contribution in [0.3, 0.4) is 0 Å². The maximum Gasteiger partial charge on any atom is 0.212 e. The molecule has 2 rings (SSSR count). The van der Waals surface area contributed by atoms with Gasteiger partial charge in [0.2, 0.25) is 5.88 Å². The number of hydrogen-bond acceptors (Lipinski definition) is 5. The molecule has 1 atom stereocenters. The Morgan fingerprint density at radius 3 is 2.80 bits per heavy atom. The number of rotatable bonds is 7. The fourth-order valence-electron chi connectivity index (χ4n) is 1.88. The van der Waals surface area contributed by atoms with Crippen LogP contribution in [0.25, 0.3) is 0 Å². The van der Waals surface area contributed by atoms with Crippen LogP contribution >= 0.6 is 11.3 Å². The molecule has 20 heavy (non-hydrogen) atoms. The Morgan fingerprint density at radius 1 is 1.30 bits per heavy atom. The lowest BCUT2D eigenvalue weighted by Crippen LogP contribution is -2.18. The van der Waals surface area contributed by atoms with Gasteiger partial charge in [-0.05, 0) is 25.5 Å². The van der Waals surface area contributed by atoms with E-state index in [0.717, 1.165) is 30.0 Å². The van der Waals surface area contributed by atoms with Crippen molar-refractivity contribution in [3.05, 3.63) is 40.0 Å². The Kier molecular flexibility index (Phi) is 5.49. The molecule has 1 N–H and O–H groups in total. The van der Waals surface area contributed by atoms with E-state index in [9.17, 15) is 0 Å². The summed E-state index contributed by atoms with van der Waals surface area (Å²) >= 11 is 1.76. The van der Waals surface area contributed by atoms with Crippen LogP contribution in [0.1, 0.15) is 41.8 Å². The van der Waals surface area contributed by atoms with Crippen molar-refractivity contribution in [3.63, 3.8) is 0 Å². The third kappa shape index (κ3) is 4.02. The maximum absolute atomic E-state index is 5.06. The molecule has 0 fully saturated rings. The van der Waals surface area contributed by atoms with E-state index < -0.39 is 0 Å². The molecule has 2 aromatic heterocycles. The first-order valence-electron chi connectivity index (χ1n) is 6.89. The van der Waals surface area contributed by atoms with Gasteiger partial charge >= 0.3 is 0 Å². The van der Waals surface area contributed by atoms with E-state index in [0.29, 0.717) is 11.9 Å².